The molecule has 2 unspecified atom stereocenters. The molecule has 1 rings (SSSR count). The van der Waals surface area contributed by atoms with E-state index in [1.165, 1.54) is 218 Å². The SMILES string of the molecule is CCCCCCCCCCCCCCCCCC(CCCCCCCCC)c1[nH]cc[n+]1C(C)CCCCCCCCCC. The van der Waals surface area contributed by atoms with Gasteiger partial charge >= 0.3 is 0 Å². The number of hydrogen-bond acceptors (Lipinski definition) is 0. The Balaban J connectivity index is 2.35. The smallest absolute Gasteiger partial charge is 0.247 e. The first-order valence-corrected chi connectivity index (χ1v) is 20.8. The molecular formula is C42H83N2+. The molecule has 0 aliphatic carbocycles. The monoisotopic (exact) mass is 616 g/mol. The molecule has 1 aromatic rings. The van der Waals surface area contributed by atoms with Crippen molar-refractivity contribution in [1.82, 2.24) is 4.98 Å². The van der Waals surface area contributed by atoms with Crippen LogP contribution in [0, 0.1) is 0 Å². The quantitative estimate of drug-likeness (QED) is 0.0579. The summed E-state index contributed by atoms with van der Waals surface area (Å²) in [5, 5.41) is 0. The number of aromatic amines is 1. The highest BCUT2D eigenvalue weighted by Crippen LogP contribution is 2.27. The lowest BCUT2D eigenvalue weighted by Gasteiger charge is -2.17. The van der Waals surface area contributed by atoms with E-state index in [0.29, 0.717) is 12.0 Å². The molecule has 0 aliphatic rings. The maximum atomic E-state index is 3.75. The molecule has 1 aromatic heterocycles. The maximum Gasteiger partial charge on any atom is 0.257 e. The molecule has 2 heteroatoms. The highest BCUT2D eigenvalue weighted by Gasteiger charge is 2.25. The molecule has 0 saturated carbocycles. The van der Waals surface area contributed by atoms with E-state index in [9.17, 15) is 0 Å². The lowest BCUT2D eigenvalue weighted by Crippen LogP contribution is -2.41. The van der Waals surface area contributed by atoms with Crippen LogP contribution in [0.4, 0.5) is 0 Å². The van der Waals surface area contributed by atoms with Gasteiger partial charge in [0.2, 0.25) is 0 Å². The number of unbranched alkanes of at least 4 members (excludes halogenated alkanes) is 27. The first-order chi connectivity index (χ1) is 21.7. The predicted molar refractivity (Wildman–Crippen MR) is 198 cm³/mol. The third-order valence-corrected chi connectivity index (χ3v) is 10.4. The van der Waals surface area contributed by atoms with Crippen LogP contribution in [0.1, 0.15) is 257 Å². The Bertz CT molecular complexity index is 679. The van der Waals surface area contributed by atoms with Gasteiger partial charge in [-0.15, -0.1) is 0 Å². The third kappa shape index (κ3) is 23.5. The van der Waals surface area contributed by atoms with E-state index < -0.39 is 0 Å². The van der Waals surface area contributed by atoms with Crippen LogP contribution in [0.15, 0.2) is 12.4 Å². The van der Waals surface area contributed by atoms with Crippen LogP contribution in [-0.2, 0) is 0 Å². The van der Waals surface area contributed by atoms with Crippen molar-refractivity contribution < 1.29 is 4.57 Å². The first-order valence-electron chi connectivity index (χ1n) is 20.8. The number of H-pyrrole nitrogens is 1. The van der Waals surface area contributed by atoms with Gasteiger partial charge in [-0.3, -0.25) is 0 Å². The van der Waals surface area contributed by atoms with E-state index in [0.717, 1.165) is 0 Å². The summed E-state index contributed by atoms with van der Waals surface area (Å²) in [5.41, 5.74) is 0. The number of rotatable bonds is 35. The molecular weight excluding hydrogens is 532 g/mol. The van der Waals surface area contributed by atoms with E-state index >= 15 is 0 Å². The zero-order chi connectivity index (χ0) is 31.8. The summed E-state index contributed by atoms with van der Waals surface area (Å²) in [4.78, 5) is 3.75. The summed E-state index contributed by atoms with van der Waals surface area (Å²) >= 11 is 0. The van der Waals surface area contributed by atoms with Crippen LogP contribution in [-0.4, -0.2) is 4.98 Å². The molecule has 0 spiro atoms. The Morgan fingerprint density at radius 1 is 0.432 bits per heavy atom. The second kappa shape index (κ2) is 32.2. The molecule has 2 nitrogen and oxygen atoms in total. The average molecular weight is 616 g/mol. The van der Waals surface area contributed by atoms with Crippen molar-refractivity contribution in [3.05, 3.63) is 18.2 Å². The molecule has 44 heavy (non-hydrogen) atoms. The van der Waals surface area contributed by atoms with Crippen molar-refractivity contribution in [2.45, 2.75) is 252 Å². The Hall–Kier alpha value is -0.790. The van der Waals surface area contributed by atoms with Crippen molar-refractivity contribution >= 4 is 0 Å². The van der Waals surface area contributed by atoms with Gasteiger partial charge in [0, 0.05) is 0 Å². The van der Waals surface area contributed by atoms with Crippen molar-refractivity contribution in [3.63, 3.8) is 0 Å². The van der Waals surface area contributed by atoms with Gasteiger partial charge in [0.05, 0.1) is 12.0 Å². The zero-order valence-electron chi connectivity index (χ0n) is 31.1. The normalized spacial score (nSPS) is 13.1. The number of hydrogen-bond donors (Lipinski definition) is 1. The third-order valence-electron chi connectivity index (χ3n) is 10.4. The molecule has 1 heterocycles. The minimum absolute atomic E-state index is 0.619. The van der Waals surface area contributed by atoms with Crippen LogP contribution >= 0.6 is 0 Å². The Labute approximate surface area is 278 Å². The van der Waals surface area contributed by atoms with E-state index in [-0.39, 0.29) is 0 Å². The molecule has 0 aliphatic heterocycles. The van der Waals surface area contributed by atoms with Crippen LogP contribution in [0.2, 0.25) is 0 Å². The van der Waals surface area contributed by atoms with Gasteiger partial charge in [0.1, 0.15) is 12.4 Å². The molecule has 260 valence electrons. The molecule has 0 saturated heterocycles. The predicted octanol–water partition coefficient (Wildman–Crippen LogP) is 14.9. The molecule has 2 atom stereocenters. The van der Waals surface area contributed by atoms with Crippen LogP contribution in [0.5, 0.6) is 0 Å². The van der Waals surface area contributed by atoms with Gasteiger partial charge in [-0.2, -0.15) is 0 Å². The van der Waals surface area contributed by atoms with Crippen molar-refractivity contribution in [2.75, 3.05) is 0 Å². The topological polar surface area (TPSA) is 19.7 Å². The average Bonchev–Trinajstić information content (AvgIpc) is 3.52. The highest BCUT2D eigenvalue weighted by molar-refractivity contribution is 4.90. The summed E-state index contributed by atoms with van der Waals surface area (Å²) in [6, 6.07) is 0.619. The first kappa shape index (κ1) is 41.2. The molecule has 0 fully saturated rings. The van der Waals surface area contributed by atoms with Gasteiger partial charge in [-0.1, -0.05) is 207 Å². The van der Waals surface area contributed by atoms with Crippen LogP contribution in [0.3, 0.4) is 0 Å². The minimum Gasteiger partial charge on any atom is -0.247 e. The number of nitrogens with one attached hydrogen (secondary N) is 1. The van der Waals surface area contributed by atoms with Gasteiger partial charge in [-0.05, 0) is 32.6 Å². The molecule has 1 N–H and O–H groups in total. The van der Waals surface area contributed by atoms with Crippen molar-refractivity contribution in [1.29, 1.82) is 0 Å². The van der Waals surface area contributed by atoms with Crippen molar-refractivity contribution in [3.8, 4) is 0 Å². The minimum atomic E-state index is 0.619. The molecule has 0 bridgehead atoms. The number of aromatic nitrogens is 2. The summed E-state index contributed by atoms with van der Waals surface area (Å²) in [6.07, 6.45) is 51.7. The van der Waals surface area contributed by atoms with Gasteiger partial charge in [0.25, 0.3) is 5.82 Å². The highest BCUT2D eigenvalue weighted by atomic mass is 15.1. The maximum absolute atomic E-state index is 3.75. The molecule has 0 radical (unpaired) electrons. The lowest BCUT2D eigenvalue weighted by atomic mass is 9.92. The number of nitrogens with zero attached hydrogens (tertiary/aromatic N) is 1. The fraction of sp³-hybridized carbons (Fsp3) is 0.929. The summed E-state index contributed by atoms with van der Waals surface area (Å²) in [6.45, 7) is 9.42. The standard InChI is InChI=1S/C42H82N2/c1-5-8-11-14-17-19-20-21-22-23-24-25-28-31-34-37-41(36-33-30-26-16-13-10-7-3)42-43-38-39-44(42)40(4)35-32-29-27-18-15-12-9-6-2/h38-41H,5-37H2,1-4H3/p+1. The van der Waals surface area contributed by atoms with Gasteiger partial charge < -0.3 is 0 Å². The number of imidazole rings is 1. The van der Waals surface area contributed by atoms with E-state index in [1.54, 1.807) is 0 Å². The lowest BCUT2D eigenvalue weighted by molar-refractivity contribution is -0.727. The fourth-order valence-corrected chi connectivity index (χ4v) is 7.31. The summed E-state index contributed by atoms with van der Waals surface area (Å²) in [7, 11) is 0. The van der Waals surface area contributed by atoms with Gasteiger partial charge in [0.15, 0.2) is 0 Å². The van der Waals surface area contributed by atoms with E-state index in [2.05, 4.69) is 49.6 Å². The molecule has 0 aromatic carbocycles. The Kier molecular flexibility index (Phi) is 30.1. The molecule has 0 amide bonds. The van der Waals surface area contributed by atoms with Crippen LogP contribution < -0.4 is 4.57 Å². The second-order valence-electron chi connectivity index (χ2n) is 14.7. The van der Waals surface area contributed by atoms with E-state index in [1.807, 2.05) is 0 Å². The second-order valence-corrected chi connectivity index (χ2v) is 14.7. The zero-order valence-corrected chi connectivity index (χ0v) is 31.1. The Morgan fingerprint density at radius 2 is 0.727 bits per heavy atom. The van der Waals surface area contributed by atoms with Gasteiger partial charge in [-0.25, -0.2) is 9.55 Å². The van der Waals surface area contributed by atoms with Crippen molar-refractivity contribution in [2.24, 2.45) is 0 Å². The van der Waals surface area contributed by atoms with Crippen LogP contribution in [0.25, 0.3) is 0 Å². The van der Waals surface area contributed by atoms with E-state index in [4.69, 9.17) is 0 Å². The fourth-order valence-electron chi connectivity index (χ4n) is 7.31. The largest absolute Gasteiger partial charge is 0.257 e. The Morgan fingerprint density at radius 3 is 1.07 bits per heavy atom. The summed E-state index contributed by atoms with van der Waals surface area (Å²) in [5.74, 6) is 2.25. The summed E-state index contributed by atoms with van der Waals surface area (Å²) < 4.78 is 2.64.